The molecule has 0 saturated heterocycles. The zero-order valence-electron chi connectivity index (χ0n) is 10.6. The lowest BCUT2D eigenvalue weighted by molar-refractivity contribution is -0.694. The quantitative estimate of drug-likeness (QED) is 0.742. The van der Waals surface area contributed by atoms with E-state index < -0.39 is 0 Å². The first kappa shape index (κ1) is 12.7. The summed E-state index contributed by atoms with van der Waals surface area (Å²) in [7, 11) is 1.68. The van der Waals surface area contributed by atoms with Crippen molar-refractivity contribution >= 4 is 10.9 Å². The Morgan fingerprint density at radius 1 is 1.44 bits per heavy atom. The van der Waals surface area contributed by atoms with Crippen molar-refractivity contribution in [1.29, 1.82) is 0 Å². The van der Waals surface area contributed by atoms with Gasteiger partial charge in [0.1, 0.15) is 6.04 Å². The molecule has 2 rings (SSSR count). The minimum absolute atomic E-state index is 0.0809. The van der Waals surface area contributed by atoms with Gasteiger partial charge in [0, 0.05) is 7.11 Å². The van der Waals surface area contributed by atoms with Crippen LogP contribution < -0.4 is 10.9 Å². The van der Waals surface area contributed by atoms with Crippen molar-refractivity contribution in [1.82, 2.24) is 9.97 Å². The standard InChI is InChI=1S/C13H17N3O2/c1-9(14-7-8-18-2)12-15-11-6-4-3-5-10(11)13(17)16-12/h3-6,9,14H,7-8H2,1-2H3,(H,15,16,17)/p+1/t9-/m1/s1. The number of methoxy groups -OCH3 is 1. The van der Waals surface area contributed by atoms with E-state index in [2.05, 4.69) is 15.3 Å². The third-order valence-electron chi connectivity index (χ3n) is 2.90. The molecule has 0 radical (unpaired) electrons. The highest BCUT2D eigenvalue weighted by atomic mass is 16.5. The summed E-state index contributed by atoms with van der Waals surface area (Å²) in [5.41, 5.74) is 0.658. The first-order valence-electron chi connectivity index (χ1n) is 6.03. The maximum atomic E-state index is 11.9. The summed E-state index contributed by atoms with van der Waals surface area (Å²) >= 11 is 0. The van der Waals surface area contributed by atoms with Gasteiger partial charge in [-0.25, -0.2) is 4.98 Å². The molecule has 0 aliphatic heterocycles. The van der Waals surface area contributed by atoms with Crippen molar-refractivity contribution < 1.29 is 10.1 Å². The lowest BCUT2D eigenvalue weighted by atomic mass is 10.2. The van der Waals surface area contributed by atoms with E-state index in [-0.39, 0.29) is 11.6 Å². The topological polar surface area (TPSA) is 71.6 Å². The van der Waals surface area contributed by atoms with Crippen LogP contribution in [0.5, 0.6) is 0 Å². The highest BCUT2D eigenvalue weighted by Crippen LogP contribution is 2.08. The Hall–Kier alpha value is -1.72. The van der Waals surface area contributed by atoms with Crippen LogP contribution in [0.1, 0.15) is 18.8 Å². The summed E-state index contributed by atoms with van der Waals surface area (Å²) in [4.78, 5) is 19.2. The van der Waals surface area contributed by atoms with Gasteiger partial charge in [-0.3, -0.25) is 4.79 Å². The lowest BCUT2D eigenvalue weighted by Gasteiger charge is -2.10. The van der Waals surface area contributed by atoms with Crippen molar-refractivity contribution in [2.24, 2.45) is 0 Å². The molecule has 1 aromatic heterocycles. The van der Waals surface area contributed by atoms with Gasteiger partial charge in [-0.15, -0.1) is 0 Å². The van der Waals surface area contributed by atoms with Crippen molar-refractivity contribution in [3.63, 3.8) is 0 Å². The molecule has 5 nitrogen and oxygen atoms in total. The van der Waals surface area contributed by atoms with Crippen molar-refractivity contribution in [3.8, 4) is 0 Å². The second-order valence-corrected chi connectivity index (χ2v) is 4.27. The Labute approximate surface area is 105 Å². The van der Waals surface area contributed by atoms with Crippen LogP contribution in [0, 0.1) is 0 Å². The van der Waals surface area contributed by atoms with Gasteiger partial charge in [-0.05, 0) is 19.1 Å². The van der Waals surface area contributed by atoms with Crippen LogP contribution >= 0.6 is 0 Å². The summed E-state index contributed by atoms with van der Waals surface area (Å²) in [6.45, 7) is 3.54. The second kappa shape index (κ2) is 5.75. The molecular formula is C13H18N3O2+. The summed E-state index contributed by atoms with van der Waals surface area (Å²) in [5, 5.41) is 2.72. The molecule has 1 aromatic carbocycles. The number of aromatic amines is 1. The summed E-state index contributed by atoms with van der Waals surface area (Å²) in [6, 6.07) is 7.47. The fraction of sp³-hybridized carbons (Fsp3) is 0.385. The van der Waals surface area contributed by atoms with E-state index in [4.69, 9.17) is 4.74 Å². The van der Waals surface area contributed by atoms with Gasteiger partial charge < -0.3 is 15.0 Å². The van der Waals surface area contributed by atoms with Crippen molar-refractivity contribution in [2.75, 3.05) is 20.3 Å². The molecule has 0 aliphatic carbocycles. The van der Waals surface area contributed by atoms with Crippen LogP contribution in [0.2, 0.25) is 0 Å². The van der Waals surface area contributed by atoms with Crippen molar-refractivity contribution in [3.05, 3.63) is 40.4 Å². The van der Waals surface area contributed by atoms with Crippen LogP contribution in [-0.2, 0) is 4.74 Å². The van der Waals surface area contributed by atoms with Crippen LogP contribution in [0.3, 0.4) is 0 Å². The average molecular weight is 248 g/mol. The van der Waals surface area contributed by atoms with E-state index in [1.165, 1.54) is 0 Å². The minimum Gasteiger partial charge on any atom is -0.379 e. The largest absolute Gasteiger partial charge is 0.379 e. The molecule has 18 heavy (non-hydrogen) atoms. The molecule has 0 bridgehead atoms. The number of quaternary nitrogens is 1. The number of hydrogen-bond donors (Lipinski definition) is 2. The molecule has 0 amide bonds. The summed E-state index contributed by atoms with van der Waals surface area (Å²) in [6.07, 6.45) is 0. The van der Waals surface area contributed by atoms with Gasteiger partial charge in [0.05, 0.1) is 24.1 Å². The predicted octanol–water partition coefficient (Wildman–Crippen LogP) is 0.194. The molecule has 0 saturated carbocycles. The van der Waals surface area contributed by atoms with Gasteiger partial charge in [0.25, 0.3) is 5.56 Å². The van der Waals surface area contributed by atoms with Crippen LogP contribution in [0.25, 0.3) is 10.9 Å². The summed E-state index contributed by atoms with van der Waals surface area (Å²) in [5.74, 6) is 0.704. The summed E-state index contributed by atoms with van der Waals surface area (Å²) < 4.78 is 5.00. The van der Waals surface area contributed by atoms with Crippen LogP contribution in [-0.4, -0.2) is 30.2 Å². The Balaban J connectivity index is 2.26. The van der Waals surface area contributed by atoms with Crippen molar-refractivity contribution in [2.45, 2.75) is 13.0 Å². The molecule has 1 atom stereocenters. The van der Waals surface area contributed by atoms with Gasteiger partial charge in [-0.2, -0.15) is 0 Å². The molecular weight excluding hydrogens is 230 g/mol. The zero-order valence-corrected chi connectivity index (χ0v) is 10.6. The highest BCUT2D eigenvalue weighted by molar-refractivity contribution is 5.77. The molecule has 96 valence electrons. The number of ether oxygens (including phenoxy) is 1. The SMILES string of the molecule is COCC[NH2+][C@H](C)c1nc2ccccc2c(=O)[nH]1. The molecule has 0 unspecified atom stereocenters. The number of benzene rings is 1. The first-order valence-corrected chi connectivity index (χ1v) is 6.03. The van der Waals surface area contributed by atoms with Gasteiger partial charge in [0.15, 0.2) is 5.82 Å². The molecule has 2 aromatic rings. The number of fused-ring (bicyclic) bond motifs is 1. The fourth-order valence-electron chi connectivity index (χ4n) is 1.87. The smallest absolute Gasteiger partial charge is 0.258 e. The number of H-pyrrole nitrogens is 1. The third kappa shape index (κ3) is 2.75. The fourth-order valence-corrected chi connectivity index (χ4v) is 1.87. The number of nitrogens with zero attached hydrogens (tertiary/aromatic N) is 1. The second-order valence-electron chi connectivity index (χ2n) is 4.27. The molecule has 0 spiro atoms. The van der Waals surface area contributed by atoms with Gasteiger partial charge in [-0.1, -0.05) is 12.1 Å². The van der Waals surface area contributed by atoms with Gasteiger partial charge >= 0.3 is 0 Å². The van der Waals surface area contributed by atoms with E-state index in [1.807, 2.05) is 25.1 Å². The van der Waals surface area contributed by atoms with E-state index in [9.17, 15) is 4.79 Å². The molecule has 3 N–H and O–H groups in total. The van der Waals surface area contributed by atoms with Gasteiger partial charge in [0.2, 0.25) is 0 Å². The number of hydrogen-bond acceptors (Lipinski definition) is 3. The molecule has 0 fully saturated rings. The van der Waals surface area contributed by atoms with E-state index in [1.54, 1.807) is 13.2 Å². The number of aromatic nitrogens is 2. The Morgan fingerprint density at radius 2 is 2.22 bits per heavy atom. The highest BCUT2D eigenvalue weighted by Gasteiger charge is 2.12. The lowest BCUT2D eigenvalue weighted by Crippen LogP contribution is -2.85. The number of nitrogens with two attached hydrogens (primary N) is 1. The Kier molecular flexibility index (Phi) is 4.07. The number of para-hydroxylation sites is 1. The Bertz CT molecular complexity index is 580. The molecule has 5 heteroatoms. The molecule has 1 heterocycles. The van der Waals surface area contributed by atoms with E-state index >= 15 is 0 Å². The molecule has 0 aliphatic rings. The maximum absolute atomic E-state index is 11.9. The minimum atomic E-state index is -0.0809. The van der Waals surface area contributed by atoms with Crippen LogP contribution in [0.4, 0.5) is 0 Å². The average Bonchev–Trinajstić information content (AvgIpc) is 2.39. The van der Waals surface area contributed by atoms with E-state index in [0.29, 0.717) is 17.8 Å². The Morgan fingerprint density at radius 3 is 3.00 bits per heavy atom. The zero-order chi connectivity index (χ0) is 13.0. The number of rotatable bonds is 5. The predicted molar refractivity (Wildman–Crippen MR) is 69.4 cm³/mol. The monoisotopic (exact) mass is 248 g/mol. The van der Waals surface area contributed by atoms with E-state index in [0.717, 1.165) is 12.1 Å². The first-order chi connectivity index (χ1) is 8.72. The number of nitrogens with one attached hydrogen (secondary N) is 1. The van der Waals surface area contributed by atoms with Crippen LogP contribution in [0.15, 0.2) is 29.1 Å². The third-order valence-corrected chi connectivity index (χ3v) is 2.90. The maximum Gasteiger partial charge on any atom is 0.258 e. The normalized spacial score (nSPS) is 12.8.